The Kier molecular flexibility index (Phi) is 5.65. The molecular formula is C19H24ClFN4O3. The van der Waals surface area contributed by atoms with Crippen molar-refractivity contribution >= 4 is 29.6 Å². The van der Waals surface area contributed by atoms with Crippen molar-refractivity contribution in [1.82, 2.24) is 15.0 Å². The summed E-state index contributed by atoms with van der Waals surface area (Å²) in [5.41, 5.74) is 1.64. The van der Waals surface area contributed by atoms with E-state index in [-0.39, 0.29) is 30.1 Å². The van der Waals surface area contributed by atoms with E-state index in [1.807, 2.05) is 18.9 Å². The number of nitrogens with zero attached hydrogens (tertiary/aromatic N) is 2. The number of aryl methyl sites for hydroxylation is 1. The second-order valence-electron chi connectivity index (χ2n) is 7.31. The Labute approximate surface area is 167 Å². The quantitative estimate of drug-likeness (QED) is 0.711. The minimum absolute atomic E-state index is 0. The SMILES string of the molecule is CNC1CN(c2c(F)cn3c(=O)c(C(=O)O)cc(C4CC4)c3c2C)CCN1.Cl. The number of pyridine rings is 2. The van der Waals surface area contributed by atoms with Gasteiger partial charge in [-0.1, -0.05) is 0 Å². The van der Waals surface area contributed by atoms with Crippen LogP contribution in [-0.2, 0) is 0 Å². The Balaban J connectivity index is 0.00000225. The van der Waals surface area contributed by atoms with Gasteiger partial charge in [0.25, 0.3) is 5.56 Å². The third-order valence-electron chi connectivity index (χ3n) is 5.53. The van der Waals surface area contributed by atoms with Gasteiger partial charge in [0.2, 0.25) is 0 Å². The largest absolute Gasteiger partial charge is 0.477 e. The van der Waals surface area contributed by atoms with Gasteiger partial charge in [0.1, 0.15) is 5.56 Å². The van der Waals surface area contributed by atoms with E-state index in [0.29, 0.717) is 29.9 Å². The van der Waals surface area contributed by atoms with Crippen molar-refractivity contribution in [3.8, 4) is 0 Å². The summed E-state index contributed by atoms with van der Waals surface area (Å²) in [4.78, 5) is 26.1. The van der Waals surface area contributed by atoms with E-state index in [1.165, 1.54) is 10.5 Å². The molecule has 7 nitrogen and oxygen atoms in total. The number of halogens is 2. The van der Waals surface area contributed by atoms with Gasteiger partial charge < -0.3 is 15.3 Å². The fourth-order valence-corrected chi connectivity index (χ4v) is 4.04. The Bertz CT molecular complexity index is 990. The van der Waals surface area contributed by atoms with Crippen molar-refractivity contribution in [2.24, 2.45) is 0 Å². The zero-order valence-corrected chi connectivity index (χ0v) is 16.6. The van der Waals surface area contributed by atoms with Gasteiger partial charge in [-0.15, -0.1) is 12.4 Å². The fraction of sp³-hybridized carbons (Fsp3) is 0.474. The summed E-state index contributed by atoms with van der Waals surface area (Å²) in [7, 11) is 1.85. The number of carboxylic acid groups (broad SMARTS) is 1. The number of nitrogens with one attached hydrogen (secondary N) is 2. The van der Waals surface area contributed by atoms with E-state index < -0.39 is 17.3 Å². The maximum absolute atomic E-state index is 15.1. The highest BCUT2D eigenvalue weighted by Crippen LogP contribution is 2.43. The molecule has 9 heteroatoms. The first-order valence-electron chi connectivity index (χ1n) is 9.19. The molecule has 1 saturated carbocycles. The molecule has 3 N–H and O–H groups in total. The number of hydrogen-bond acceptors (Lipinski definition) is 5. The molecule has 1 unspecified atom stereocenters. The lowest BCUT2D eigenvalue weighted by molar-refractivity contribution is 0.0694. The van der Waals surface area contributed by atoms with Gasteiger partial charge in [-0.05, 0) is 49.9 Å². The summed E-state index contributed by atoms with van der Waals surface area (Å²) in [6.45, 7) is 3.79. The standard InChI is InChI=1S/C19H23FN4O3.ClH/c1-10-16-12(11-3-4-11)7-13(19(26)27)18(25)24(16)8-14(20)17(10)23-6-5-22-15(9-23)21-2;/h7-8,11,15,21-22H,3-6,9H2,1-2H3,(H,26,27);1H. The summed E-state index contributed by atoms with van der Waals surface area (Å²) >= 11 is 0. The van der Waals surface area contributed by atoms with Crippen LogP contribution in [0, 0.1) is 12.7 Å². The zero-order chi connectivity index (χ0) is 19.3. The number of carbonyl (C=O) groups is 1. The molecule has 1 saturated heterocycles. The second-order valence-corrected chi connectivity index (χ2v) is 7.31. The highest BCUT2D eigenvalue weighted by atomic mass is 35.5. The molecular weight excluding hydrogens is 387 g/mol. The summed E-state index contributed by atoms with van der Waals surface area (Å²) in [6, 6.07) is 1.49. The summed E-state index contributed by atoms with van der Waals surface area (Å²) < 4.78 is 16.3. The Morgan fingerprint density at radius 2 is 2.11 bits per heavy atom. The van der Waals surface area contributed by atoms with Crippen LogP contribution in [-0.4, -0.2) is 48.3 Å². The molecule has 152 valence electrons. The molecule has 0 radical (unpaired) electrons. The van der Waals surface area contributed by atoms with Gasteiger partial charge in [-0.2, -0.15) is 0 Å². The summed E-state index contributed by atoms with van der Waals surface area (Å²) in [6.07, 6.45) is 3.10. The maximum atomic E-state index is 15.1. The normalized spacial score (nSPS) is 19.5. The number of hydrogen-bond donors (Lipinski definition) is 3. The van der Waals surface area contributed by atoms with Gasteiger partial charge in [0.15, 0.2) is 5.82 Å². The lowest BCUT2D eigenvalue weighted by Crippen LogP contribution is -2.56. The number of piperazine rings is 1. The molecule has 28 heavy (non-hydrogen) atoms. The molecule has 0 aromatic carbocycles. The molecule has 1 aliphatic heterocycles. The zero-order valence-electron chi connectivity index (χ0n) is 15.8. The number of fused-ring (bicyclic) bond motifs is 1. The Hall–Kier alpha value is -2.16. The highest BCUT2D eigenvalue weighted by molar-refractivity contribution is 5.89. The number of anilines is 1. The summed E-state index contributed by atoms with van der Waals surface area (Å²) in [5, 5.41) is 15.8. The first-order valence-corrected chi connectivity index (χ1v) is 9.19. The van der Waals surface area contributed by atoms with Crippen molar-refractivity contribution in [1.29, 1.82) is 0 Å². The minimum atomic E-state index is -1.28. The van der Waals surface area contributed by atoms with Crippen molar-refractivity contribution < 1.29 is 14.3 Å². The van der Waals surface area contributed by atoms with Crippen LogP contribution in [0.15, 0.2) is 17.1 Å². The van der Waals surface area contributed by atoms with E-state index >= 15 is 4.39 Å². The average molecular weight is 411 g/mol. The topological polar surface area (TPSA) is 86.1 Å². The van der Waals surface area contributed by atoms with Crippen molar-refractivity contribution in [2.75, 3.05) is 31.6 Å². The van der Waals surface area contributed by atoms with Crippen molar-refractivity contribution in [3.63, 3.8) is 0 Å². The molecule has 3 heterocycles. The van der Waals surface area contributed by atoms with E-state index in [1.54, 1.807) is 0 Å². The molecule has 2 aromatic heterocycles. The van der Waals surface area contributed by atoms with Crippen LogP contribution in [0.25, 0.3) is 5.52 Å². The molecule has 0 amide bonds. The van der Waals surface area contributed by atoms with Gasteiger partial charge in [0, 0.05) is 19.6 Å². The lowest BCUT2D eigenvalue weighted by Gasteiger charge is -2.36. The lowest BCUT2D eigenvalue weighted by atomic mass is 10.0. The number of likely N-dealkylation sites (N-methyl/N-ethyl adjacent to an activating group) is 1. The predicted octanol–water partition coefficient (Wildman–Crippen LogP) is 1.70. The number of carboxylic acids is 1. The molecule has 0 spiro atoms. The molecule has 2 aliphatic rings. The maximum Gasteiger partial charge on any atom is 0.341 e. The number of aromatic carboxylic acids is 1. The van der Waals surface area contributed by atoms with Crippen molar-refractivity contribution in [2.45, 2.75) is 31.8 Å². The van der Waals surface area contributed by atoms with E-state index in [4.69, 9.17) is 0 Å². The third-order valence-corrected chi connectivity index (χ3v) is 5.53. The molecule has 2 fully saturated rings. The van der Waals surface area contributed by atoms with Gasteiger partial charge >= 0.3 is 5.97 Å². The molecule has 1 atom stereocenters. The van der Waals surface area contributed by atoms with Gasteiger partial charge in [-0.25, -0.2) is 9.18 Å². The average Bonchev–Trinajstić information content (AvgIpc) is 3.47. The number of aromatic nitrogens is 1. The van der Waals surface area contributed by atoms with Gasteiger partial charge in [-0.3, -0.25) is 14.5 Å². The fourth-order valence-electron chi connectivity index (χ4n) is 4.04. The van der Waals surface area contributed by atoms with E-state index in [0.717, 1.165) is 31.1 Å². The van der Waals surface area contributed by atoms with Crippen LogP contribution in [0.1, 0.15) is 40.2 Å². The minimum Gasteiger partial charge on any atom is -0.477 e. The van der Waals surface area contributed by atoms with Crippen LogP contribution < -0.4 is 21.1 Å². The smallest absolute Gasteiger partial charge is 0.341 e. The first-order chi connectivity index (χ1) is 12.9. The molecule has 0 bridgehead atoms. The highest BCUT2D eigenvalue weighted by Gasteiger charge is 2.31. The van der Waals surface area contributed by atoms with E-state index in [2.05, 4.69) is 10.6 Å². The first kappa shape index (κ1) is 20.6. The monoisotopic (exact) mass is 410 g/mol. The van der Waals surface area contributed by atoms with Gasteiger partial charge in [0.05, 0.1) is 23.6 Å². The third kappa shape index (κ3) is 3.36. The Morgan fingerprint density at radius 1 is 1.39 bits per heavy atom. The van der Waals surface area contributed by atoms with Crippen molar-refractivity contribution in [3.05, 3.63) is 45.1 Å². The van der Waals surface area contributed by atoms with E-state index in [9.17, 15) is 14.7 Å². The van der Waals surface area contributed by atoms with Crippen LogP contribution in [0.5, 0.6) is 0 Å². The van der Waals surface area contributed by atoms with Crippen LogP contribution >= 0.6 is 12.4 Å². The second kappa shape index (κ2) is 7.69. The van der Waals surface area contributed by atoms with Crippen LogP contribution in [0.3, 0.4) is 0 Å². The molecule has 4 rings (SSSR count). The van der Waals surface area contributed by atoms with Crippen LogP contribution in [0.4, 0.5) is 10.1 Å². The molecule has 2 aromatic rings. The predicted molar refractivity (Wildman–Crippen MR) is 108 cm³/mol. The summed E-state index contributed by atoms with van der Waals surface area (Å²) in [5.74, 6) is -1.57. The Morgan fingerprint density at radius 3 is 2.71 bits per heavy atom. The molecule has 1 aliphatic carbocycles. The number of rotatable bonds is 4. The van der Waals surface area contributed by atoms with Crippen LogP contribution in [0.2, 0.25) is 0 Å².